The molecule has 2 N–H and O–H groups in total. The van der Waals surface area contributed by atoms with E-state index in [1.165, 1.54) is 43.4 Å². The van der Waals surface area contributed by atoms with Gasteiger partial charge in [0, 0.05) is 17.7 Å². The molecule has 0 fully saturated rings. The number of benzene rings is 2. The predicted octanol–water partition coefficient (Wildman–Crippen LogP) is 1.98. The number of carbonyl (C=O) groups excluding carboxylic acids is 3. The summed E-state index contributed by atoms with van der Waals surface area (Å²) in [6.07, 6.45) is 0.341. The summed E-state index contributed by atoms with van der Waals surface area (Å²) in [5.74, 6) is -1.38. The van der Waals surface area contributed by atoms with Crippen LogP contribution < -0.4 is 10.0 Å². The highest BCUT2D eigenvalue weighted by Gasteiger charge is 2.16. The smallest absolute Gasteiger partial charge is 0.338 e. The van der Waals surface area contributed by atoms with Gasteiger partial charge in [-0.15, -0.1) is 0 Å². The lowest BCUT2D eigenvalue weighted by Crippen LogP contribution is -2.19. The van der Waals surface area contributed by atoms with Crippen molar-refractivity contribution in [3.05, 3.63) is 59.7 Å². The second kappa shape index (κ2) is 9.25. The van der Waals surface area contributed by atoms with Crippen molar-refractivity contribution in [2.75, 3.05) is 19.0 Å². The third kappa shape index (κ3) is 5.48. The van der Waals surface area contributed by atoms with Crippen LogP contribution in [0.3, 0.4) is 0 Å². The maximum Gasteiger partial charge on any atom is 0.338 e. The van der Waals surface area contributed by atoms with Gasteiger partial charge in [-0.1, -0.05) is 13.0 Å². The molecule has 0 aliphatic rings. The summed E-state index contributed by atoms with van der Waals surface area (Å²) in [5.41, 5.74) is 0.888. The monoisotopic (exact) mass is 404 g/mol. The summed E-state index contributed by atoms with van der Waals surface area (Å²) in [5, 5.41) is 2.66. The lowest BCUT2D eigenvalue weighted by atomic mass is 10.1. The summed E-state index contributed by atoms with van der Waals surface area (Å²) < 4.78 is 30.7. The number of carbonyl (C=O) groups is 3. The molecule has 0 saturated carbocycles. The molecular weight excluding hydrogens is 384 g/mol. The summed E-state index contributed by atoms with van der Waals surface area (Å²) in [6, 6.07) is 11.5. The molecule has 0 radical (unpaired) electrons. The molecule has 0 bridgehead atoms. The molecule has 9 heteroatoms. The first-order valence-electron chi connectivity index (χ1n) is 8.40. The number of nitrogens with one attached hydrogen (secondary N) is 2. The Morgan fingerprint density at radius 1 is 1.00 bits per heavy atom. The van der Waals surface area contributed by atoms with Crippen molar-refractivity contribution in [3.63, 3.8) is 0 Å². The number of esters is 1. The largest absolute Gasteiger partial charge is 0.454 e. The standard InChI is InChI=1S/C19H20N2O6S/c1-3-18(23)21-15-9-7-13(8-10-15)17(22)12-27-19(24)14-5-4-6-16(11-14)28(25,26)20-2/h4-11,20H,3,12H2,1-2H3,(H,21,23). The second-order valence-electron chi connectivity index (χ2n) is 5.71. The molecule has 2 aromatic carbocycles. The van der Waals surface area contributed by atoms with Crippen LogP contribution in [0.15, 0.2) is 53.4 Å². The topological polar surface area (TPSA) is 119 Å². The summed E-state index contributed by atoms with van der Waals surface area (Å²) in [7, 11) is -2.44. The lowest BCUT2D eigenvalue weighted by Gasteiger charge is -2.07. The first-order chi connectivity index (χ1) is 13.3. The van der Waals surface area contributed by atoms with E-state index in [1.807, 2.05) is 0 Å². The molecule has 0 heterocycles. The minimum Gasteiger partial charge on any atom is -0.454 e. The van der Waals surface area contributed by atoms with Gasteiger partial charge in [0.05, 0.1) is 10.5 Å². The van der Waals surface area contributed by atoms with Gasteiger partial charge in [0.1, 0.15) is 0 Å². The maximum atomic E-state index is 12.2. The van der Waals surface area contributed by atoms with Crippen molar-refractivity contribution < 1.29 is 27.5 Å². The highest BCUT2D eigenvalue weighted by atomic mass is 32.2. The van der Waals surface area contributed by atoms with Gasteiger partial charge in [-0.3, -0.25) is 9.59 Å². The number of amides is 1. The Bertz CT molecular complexity index is 984. The van der Waals surface area contributed by atoms with Crippen LogP contribution in [0.25, 0.3) is 0 Å². The molecule has 0 atom stereocenters. The average molecular weight is 404 g/mol. The van der Waals surface area contributed by atoms with Crippen LogP contribution in [0.5, 0.6) is 0 Å². The minimum atomic E-state index is -3.70. The van der Waals surface area contributed by atoms with E-state index in [4.69, 9.17) is 4.74 Å². The fourth-order valence-corrected chi connectivity index (χ4v) is 2.97. The number of hydrogen-bond acceptors (Lipinski definition) is 6. The Balaban J connectivity index is 2.00. The Kier molecular flexibility index (Phi) is 7.02. The van der Waals surface area contributed by atoms with Gasteiger partial charge in [0.2, 0.25) is 15.9 Å². The first-order valence-corrected chi connectivity index (χ1v) is 9.89. The quantitative estimate of drug-likeness (QED) is 0.513. The molecule has 1 amide bonds. The van der Waals surface area contributed by atoms with E-state index in [0.717, 1.165) is 0 Å². The van der Waals surface area contributed by atoms with Crippen LogP contribution in [0.4, 0.5) is 5.69 Å². The lowest BCUT2D eigenvalue weighted by molar-refractivity contribution is -0.115. The van der Waals surface area contributed by atoms with Crippen LogP contribution in [0.1, 0.15) is 34.1 Å². The third-order valence-electron chi connectivity index (χ3n) is 3.79. The highest BCUT2D eigenvalue weighted by molar-refractivity contribution is 7.89. The zero-order chi connectivity index (χ0) is 20.7. The van der Waals surface area contributed by atoms with E-state index in [-0.39, 0.29) is 16.4 Å². The zero-order valence-electron chi connectivity index (χ0n) is 15.4. The number of hydrogen-bond donors (Lipinski definition) is 2. The van der Waals surface area contributed by atoms with Crippen LogP contribution in [0, 0.1) is 0 Å². The van der Waals surface area contributed by atoms with Crippen LogP contribution in [0.2, 0.25) is 0 Å². The number of rotatable bonds is 8. The van der Waals surface area contributed by atoms with Crippen molar-refractivity contribution in [2.24, 2.45) is 0 Å². The van der Waals surface area contributed by atoms with Gasteiger partial charge in [0.25, 0.3) is 0 Å². The van der Waals surface area contributed by atoms with Crippen molar-refractivity contribution in [3.8, 4) is 0 Å². The number of anilines is 1. The third-order valence-corrected chi connectivity index (χ3v) is 5.21. The number of sulfonamides is 1. The van der Waals surface area contributed by atoms with Crippen LogP contribution >= 0.6 is 0 Å². The molecule has 2 rings (SSSR count). The van der Waals surface area contributed by atoms with Gasteiger partial charge in [-0.05, 0) is 49.5 Å². The molecule has 2 aromatic rings. The van der Waals surface area contributed by atoms with Crippen molar-refractivity contribution in [1.29, 1.82) is 0 Å². The van der Waals surface area contributed by atoms with Crippen LogP contribution in [-0.4, -0.2) is 39.7 Å². The molecular formula is C19H20N2O6S. The summed E-state index contributed by atoms with van der Waals surface area (Å²) in [6.45, 7) is 1.23. The zero-order valence-corrected chi connectivity index (χ0v) is 16.2. The first kappa shape index (κ1) is 21.3. The molecule has 0 saturated heterocycles. The molecule has 0 spiro atoms. The Morgan fingerprint density at radius 3 is 2.29 bits per heavy atom. The summed E-state index contributed by atoms with van der Waals surface area (Å²) >= 11 is 0. The fraction of sp³-hybridized carbons (Fsp3) is 0.211. The Morgan fingerprint density at radius 2 is 1.68 bits per heavy atom. The summed E-state index contributed by atoms with van der Waals surface area (Å²) in [4.78, 5) is 35.5. The Labute approximate surface area is 163 Å². The molecule has 8 nitrogen and oxygen atoms in total. The maximum absolute atomic E-state index is 12.2. The van der Waals surface area contributed by atoms with E-state index in [0.29, 0.717) is 17.7 Å². The molecule has 28 heavy (non-hydrogen) atoms. The highest BCUT2D eigenvalue weighted by Crippen LogP contribution is 2.13. The van der Waals surface area contributed by atoms with Gasteiger partial charge in [-0.2, -0.15) is 0 Å². The number of Topliss-reactive ketones (excluding diaryl/α,β-unsaturated/α-hetero) is 1. The minimum absolute atomic E-state index is 0.0155. The second-order valence-corrected chi connectivity index (χ2v) is 7.60. The van der Waals surface area contributed by atoms with Crippen molar-refractivity contribution >= 4 is 33.4 Å². The number of ketones is 1. The molecule has 0 aliphatic carbocycles. The van der Waals surface area contributed by atoms with E-state index in [9.17, 15) is 22.8 Å². The van der Waals surface area contributed by atoms with Gasteiger partial charge in [0.15, 0.2) is 12.4 Å². The van der Waals surface area contributed by atoms with Crippen LogP contribution in [-0.2, 0) is 19.6 Å². The number of ether oxygens (including phenoxy) is 1. The molecule has 148 valence electrons. The SMILES string of the molecule is CCC(=O)Nc1ccc(C(=O)COC(=O)c2cccc(S(=O)(=O)NC)c2)cc1. The van der Waals surface area contributed by atoms with Crippen molar-refractivity contribution in [1.82, 2.24) is 4.72 Å². The molecule has 0 aromatic heterocycles. The Hall–Kier alpha value is -3.04. The van der Waals surface area contributed by atoms with E-state index < -0.39 is 28.4 Å². The predicted molar refractivity (Wildman–Crippen MR) is 103 cm³/mol. The molecule has 0 aliphatic heterocycles. The van der Waals surface area contributed by atoms with Gasteiger partial charge >= 0.3 is 5.97 Å². The van der Waals surface area contributed by atoms with Gasteiger partial charge in [-0.25, -0.2) is 17.9 Å². The van der Waals surface area contributed by atoms with E-state index in [1.54, 1.807) is 19.1 Å². The molecule has 0 unspecified atom stereocenters. The van der Waals surface area contributed by atoms with E-state index in [2.05, 4.69) is 10.0 Å². The average Bonchev–Trinajstić information content (AvgIpc) is 2.72. The fourth-order valence-electron chi connectivity index (χ4n) is 2.19. The van der Waals surface area contributed by atoms with Gasteiger partial charge < -0.3 is 10.1 Å². The van der Waals surface area contributed by atoms with E-state index >= 15 is 0 Å². The van der Waals surface area contributed by atoms with Crippen molar-refractivity contribution in [2.45, 2.75) is 18.2 Å². The normalized spacial score (nSPS) is 10.9.